The molecule has 7 heteroatoms. The molecule has 1 unspecified atom stereocenters. The number of ether oxygens (including phenoxy) is 2. The molecule has 1 heterocycles. The van der Waals surface area contributed by atoms with Gasteiger partial charge in [-0.2, -0.15) is 0 Å². The van der Waals surface area contributed by atoms with Crippen LogP contribution in [0.15, 0.2) is 18.2 Å². The summed E-state index contributed by atoms with van der Waals surface area (Å²) >= 11 is 0. The van der Waals surface area contributed by atoms with Crippen molar-refractivity contribution >= 4 is 18.3 Å². The Bertz CT molecular complexity index is 557. The molecule has 0 spiro atoms. The molecule has 148 valence electrons. The number of rotatable bonds is 9. The molecule has 1 aromatic rings. The number of hydrogen-bond donors (Lipinski definition) is 2. The highest BCUT2D eigenvalue weighted by molar-refractivity contribution is 5.85. The van der Waals surface area contributed by atoms with Crippen LogP contribution in [0.2, 0.25) is 0 Å². The molecule has 1 atom stereocenters. The van der Waals surface area contributed by atoms with Crippen molar-refractivity contribution in [2.75, 3.05) is 33.4 Å². The normalized spacial score (nSPS) is 17.3. The molecule has 1 aromatic carbocycles. The van der Waals surface area contributed by atoms with Crippen LogP contribution in [0.25, 0.3) is 0 Å². The topological polar surface area (TPSA) is 76.8 Å². The van der Waals surface area contributed by atoms with Gasteiger partial charge in [-0.3, -0.25) is 9.69 Å². The molecule has 0 aliphatic carbocycles. The molecule has 1 aliphatic heterocycles. The fraction of sp³-hybridized carbons (Fsp3) is 0.632. The molecule has 6 nitrogen and oxygen atoms in total. The number of halogens is 1. The molecule has 0 saturated carbocycles. The van der Waals surface area contributed by atoms with Crippen LogP contribution in [0, 0.1) is 0 Å². The number of nitrogens with one attached hydrogen (secondary N) is 1. The fourth-order valence-corrected chi connectivity index (χ4v) is 3.27. The van der Waals surface area contributed by atoms with Crippen molar-refractivity contribution in [3.63, 3.8) is 0 Å². The predicted molar refractivity (Wildman–Crippen MR) is 106 cm³/mol. The van der Waals surface area contributed by atoms with E-state index in [0.29, 0.717) is 32.2 Å². The number of amides is 1. The minimum absolute atomic E-state index is 0. The maximum atomic E-state index is 11.7. The Kier molecular flexibility index (Phi) is 10.4. The number of hydrogen-bond acceptors (Lipinski definition) is 5. The van der Waals surface area contributed by atoms with Crippen molar-refractivity contribution < 1.29 is 14.3 Å². The first kappa shape index (κ1) is 22.5. The maximum Gasteiger partial charge on any atom is 0.221 e. The molecule has 3 N–H and O–H groups in total. The second-order valence-corrected chi connectivity index (χ2v) is 6.38. The van der Waals surface area contributed by atoms with Crippen LogP contribution in [-0.4, -0.2) is 50.2 Å². The van der Waals surface area contributed by atoms with Gasteiger partial charge in [0.25, 0.3) is 0 Å². The first-order valence-corrected chi connectivity index (χ1v) is 9.18. The zero-order chi connectivity index (χ0) is 18.1. The summed E-state index contributed by atoms with van der Waals surface area (Å²) in [5.74, 6) is 1.58. The number of nitrogens with zero attached hydrogens (tertiary/aromatic N) is 1. The quantitative estimate of drug-likeness (QED) is 0.682. The highest BCUT2D eigenvalue weighted by Gasteiger charge is 2.23. The third kappa shape index (κ3) is 6.67. The van der Waals surface area contributed by atoms with E-state index in [9.17, 15) is 4.79 Å². The van der Waals surface area contributed by atoms with E-state index in [1.807, 2.05) is 13.0 Å². The minimum Gasteiger partial charge on any atom is -0.493 e. The van der Waals surface area contributed by atoms with E-state index in [-0.39, 0.29) is 18.3 Å². The Labute approximate surface area is 162 Å². The van der Waals surface area contributed by atoms with E-state index in [2.05, 4.69) is 22.3 Å². The summed E-state index contributed by atoms with van der Waals surface area (Å²) in [7, 11) is 1.65. The third-order valence-corrected chi connectivity index (χ3v) is 4.57. The van der Waals surface area contributed by atoms with Crippen LogP contribution in [0.4, 0.5) is 0 Å². The van der Waals surface area contributed by atoms with Crippen molar-refractivity contribution in [2.45, 2.75) is 45.2 Å². The molecule has 1 fully saturated rings. The summed E-state index contributed by atoms with van der Waals surface area (Å²) in [6.07, 6.45) is 3.91. The fourth-order valence-electron chi connectivity index (χ4n) is 3.27. The van der Waals surface area contributed by atoms with Crippen molar-refractivity contribution in [3.8, 4) is 11.5 Å². The van der Waals surface area contributed by atoms with Gasteiger partial charge in [0.2, 0.25) is 5.91 Å². The highest BCUT2D eigenvalue weighted by atomic mass is 35.5. The van der Waals surface area contributed by atoms with Crippen LogP contribution >= 0.6 is 12.4 Å². The second kappa shape index (κ2) is 12.0. The lowest BCUT2D eigenvalue weighted by Gasteiger charge is -2.36. The monoisotopic (exact) mass is 385 g/mol. The van der Waals surface area contributed by atoms with Crippen molar-refractivity contribution in [1.82, 2.24) is 10.2 Å². The molecule has 26 heavy (non-hydrogen) atoms. The van der Waals surface area contributed by atoms with Gasteiger partial charge in [-0.25, -0.2) is 0 Å². The van der Waals surface area contributed by atoms with Gasteiger partial charge in [-0.1, -0.05) is 12.5 Å². The van der Waals surface area contributed by atoms with Gasteiger partial charge in [-0.15, -0.1) is 12.4 Å². The van der Waals surface area contributed by atoms with Crippen molar-refractivity contribution in [3.05, 3.63) is 23.8 Å². The highest BCUT2D eigenvalue weighted by Crippen LogP contribution is 2.29. The Balaban J connectivity index is 0.00000338. The largest absolute Gasteiger partial charge is 0.493 e. The van der Waals surface area contributed by atoms with Crippen LogP contribution in [0.5, 0.6) is 11.5 Å². The Morgan fingerprint density at radius 3 is 2.85 bits per heavy atom. The Morgan fingerprint density at radius 1 is 1.35 bits per heavy atom. The number of nitrogens with two attached hydrogens (primary N) is 1. The van der Waals surface area contributed by atoms with Gasteiger partial charge in [0.1, 0.15) is 0 Å². The van der Waals surface area contributed by atoms with E-state index < -0.39 is 0 Å². The molecule has 1 amide bonds. The number of likely N-dealkylation sites (tertiary alicyclic amines) is 1. The zero-order valence-electron chi connectivity index (χ0n) is 15.8. The molecule has 1 saturated heterocycles. The molecule has 2 rings (SSSR count). The molecule has 1 aliphatic rings. The first-order valence-electron chi connectivity index (χ1n) is 9.18. The Morgan fingerprint density at radius 2 is 2.15 bits per heavy atom. The van der Waals surface area contributed by atoms with Crippen LogP contribution < -0.4 is 20.5 Å². The van der Waals surface area contributed by atoms with Gasteiger partial charge in [0, 0.05) is 32.1 Å². The van der Waals surface area contributed by atoms with Gasteiger partial charge in [0.15, 0.2) is 11.5 Å². The number of carbonyl (C=O) groups excluding carboxylic acids is 1. The molecule has 0 aromatic heterocycles. The van der Waals surface area contributed by atoms with Gasteiger partial charge >= 0.3 is 0 Å². The number of piperidine rings is 1. The molecular formula is C19H32ClN3O3. The molecule has 0 radical (unpaired) electrons. The van der Waals surface area contributed by atoms with E-state index in [4.69, 9.17) is 15.2 Å². The van der Waals surface area contributed by atoms with E-state index in [1.54, 1.807) is 7.11 Å². The first-order chi connectivity index (χ1) is 12.2. The summed E-state index contributed by atoms with van der Waals surface area (Å²) < 4.78 is 11.0. The SMILES string of the molecule is CCOc1cc(CN2CCCCC2CNC(=O)CCN)ccc1OC.Cl. The van der Waals surface area contributed by atoms with Crippen molar-refractivity contribution in [2.24, 2.45) is 5.73 Å². The average Bonchev–Trinajstić information content (AvgIpc) is 2.62. The number of benzene rings is 1. The second-order valence-electron chi connectivity index (χ2n) is 6.38. The van der Waals surface area contributed by atoms with Gasteiger partial charge in [0.05, 0.1) is 13.7 Å². The lowest BCUT2D eigenvalue weighted by molar-refractivity contribution is -0.121. The number of carbonyl (C=O) groups is 1. The standard InChI is InChI=1S/C19H31N3O3.ClH/c1-3-25-18-12-15(7-8-17(18)24-2)14-22-11-5-4-6-16(22)13-21-19(23)9-10-20;/h7-8,12,16H,3-6,9-11,13-14,20H2,1-2H3,(H,21,23);1H. The molecule has 0 bridgehead atoms. The van der Waals surface area contributed by atoms with Crippen LogP contribution in [0.1, 0.15) is 38.2 Å². The smallest absolute Gasteiger partial charge is 0.221 e. The summed E-state index contributed by atoms with van der Waals surface area (Å²) in [5, 5.41) is 3.01. The third-order valence-electron chi connectivity index (χ3n) is 4.57. The van der Waals surface area contributed by atoms with Crippen LogP contribution in [0.3, 0.4) is 0 Å². The van der Waals surface area contributed by atoms with E-state index in [0.717, 1.165) is 31.0 Å². The molecular weight excluding hydrogens is 354 g/mol. The van der Waals surface area contributed by atoms with E-state index in [1.165, 1.54) is 18.4 Å². The van der Waals surface area contributed by atoms with Crippen LogP contribution in [-0.2, 0) is 11.3 Å². The van der Waals surface area contributed by atoms with E-state index >= 15 is 0 Å². The minimum atomic E-state index is 0. The predicted octanol–water partition coefficient (Wildman–Crippen LogP) is 2.34. The summed E-state index contributed by atoms with van der Waals surface area (Å²) in [5.41, 5.74) is 6.64. The summed E-state index contributed by atoms with van der Waals surface area (Å²) in [6, 6.07) is 6.47. The lowest BCUT2D eigenvalue weighted by Crippen LogP contribution is -2.46. The summed E-state index contributed by atoms with van der Waals surface area (Å²) in [6.45, 7) is 5.56. The van der Waals surface area contributed by atoms with Crippen molar-refractivity contribution in [1.29, 1.82) is 0 Å². The maximum absolute atomic E-state index is 11.7. The Hall–Kier alpha value is -1.50. The zero-order valence-corrected chi connectivity index (χ0v) is 16.6. The number of methoxy groups -OCH3 is 1. The average molecular weight is 386 g/mol. The van der Waals surface area contributed by atoms with Gasteiger partial charge < -0.3 is 20.5 Å². The summed E-state index contributed by atoms with van der Waals surface area (Å²) in [4.78, 5) is 14.1. The lowest BCUT2D eigenvalue weighted by atomic mass is 10.0. The van der Waals surface area contributed by atoms with Gasteiger partial charge in [-0.05, 0) is 44.0 Å².